The first kappa shape index (κ1) is 6.22. The van der Waals surface area contributed by atoms with E-state index in [9.17, 15) is 9.59 Å². The highest BCUT2D eigenvalue weighted by Gasteiger charge is 2.48. The number of ether oxygens (including phenoxy) is 1. The molecule has 9 heavy (non-hydrogen) atoms. The summed E-state index contributed by atoms with van der Waals surface area (Å²) in [6, 6.07) is 0. The number of hydrogen-bond donors (Lipinski definition) is 1. The van der Waals surface area contributed by atoms with E-state index in [4.69, 9.17) is 5.11 Å². The Hall–Kier alpha value is -0.900. The van der Waals surface area contributed by atoms with Crippen LogP contribution < -0.4 is 0 Å². The zero-order valence-electron chi connectivity index (χ0n) is 4.83. The lowest BCUT2D eigenvalue weighted by Crippen LogP contribution is -2.12. The van der Waals surface area contributed by atoms with Crippen LogP contribution in [0.4, 0.5) is 0 Å². The summed E-state index contributed by atoms with van der Waals surface area (Å²) in [5, 5.41) is 8.20. The van der Waals surface area contributed by atoms with Gasteiger partial charge < -0.3 is 9.84 Å². The Morgan fingerprint density at radius 1 is 1.44 bits per heavy atom. The van der Waals surface area contributed by atoms with Gasteiger partial charge in [-0.15, -0.1) is 0 Å². The van der Waals surface area contributed by atoms with E-state index in [1.165, 1.54) is 6.92 Å². The summed E-state index contributed by atoms with van der Waals surface area (Å²) < 4.78 is 4.49. The van der Waals surface area contributed by atoms with Crippen molar-refractivity contribution in [2.45, 2.75) is 19.1 Å². The number of rotatable bonds is 2. The number of carbonyl (C=O) groups is 2. The smallest absolute Gasteiger partial charge is 0.336 e. The second-order valence-corrected chi connectivity index (χ2v) is 1.93. The standard InChI is InChI=1S/C5H6O4/c1-2(6)3-4(9-3)5(7)8/h3-4H,1H3,(H,7,8)/t3-,4+/m0/s1. The Bertz CT molecular complexity index is 144. The van der Waals surface area contributed by atoms with Crippen molar-refractivity contribution in [3.8, 4) is 0 Å². The predicted molar refractivity (Wildman–Crippen MR) is 27.0 cm³/mol. The molecule has 0 amide bonds. The molecule has 0 spiro atoms. The molecular weight excluding hydrogens is 124 g/mol. The summed E-state index contributed by atoms with van der Waals surface area (Å²) in [4.78, 5) is 20.3. The van der Waals surface area contributed by atoms with Gasteiger partial charge in [0.2, 0.25) is 0 Å². The molecule has 0 aliphatic carbocycles. The number of carboxylic acids is 1. The summed E-state index contributed by atoms with van der Waals surface area (Å²) in [6.07, 6.45) is -1.55. The van der Waals surface area contributed by atoms with Crippen molar-refractivity contribution in [3.05, 3.63) is 0 Å². The van der Waals surface area contributed by atoms with Gasteiger partial charge in [-0.1, -0.05) is 0 Å². The van der Waals surface area contributed by atoms with Gasteiger partial charge in [0, 0.05) is 0 Å². The van der Waals surface area contributed by atoms with Crippen molar-refractivity contribution in [2.75, 3.05) is 0 Å². The van der Waals surface area contributed by atoms with Crippen LogP contribution in [0, 0.1) is 0 Å². The fraction of sp³-hybridized carbons (Fsp3) is 0.600. The first-order chi connectivity index (χ1) is 4.13. The van der Waals surface area contributed by atoms with Gasteiger partial charge in [0.15, 0.2) is 18.0 Å². The minimum Gasteiger partial charge on any atom is -0.479 e. The second kappa shape index (κ2) is 1.80. The molecular formula is C5H6O4. The third-order valence-corrected chi connectivity index (χ3v) is 1.14. The van der Waals surface area contributed by atoms with Crippen molar-refractivity contribution < 1.29 is 19.4 Å². The van der Waals surface area contributed by atoms with Gasteiger partial charge in [-0.3, -0.25) is 4.79 Å². The van der Waals surface area contributed by atoms with E-state index in [1.807, 2.05) is 0 Å². The van der Waals surface area contributed by atoms with Crippen LogP contribution in [-0.2, 0) is 14.3 Å². The van der Waals surface area contributed by atoms with E-state index in [0.717, 1.165) is 0 Å². The van der Waals surface area contributed by atoms with E-state index >= 15 is 0 Å². The quantitative estimate of drug-likeness (QED) is 0.508. The molecule has 0 aromatic carbocycles. The van der Waals surface area contributed by atoms with Gasteiger partial charge in [-0.2, -0.15) is 0 Å². The maximum atomic E-state index is 10.3. The van der Waals surface area contributed by atoms with Gasteiger partial charge in [-0.05, 0) is 6.92 Å². The molecule has 0 saturated carbocycles. The number of Topliss-reactive ketones (excluding diaryl/α,β-unsaturated/α-hetero) is 1. The van der Waals surface area contributed by atoms with E-state index < -0.39 is 18.2 Å². The molecule has 1 aliphatic heterocycles. The molecule has 1 N–H and O–H groups in total. The normalized spacial score (nSPS) is 31.7. The lowest BCUT2D eigenvalue weighted by Gasteiger charge is -1.79. The number of aliphatic carboxylic acids is 1. The molecule has 4 heteroatoms. The van der Waals surface area contributed by atoms with Gasteiger partial charge in [0.05, 0.1) is 0 Å². The van der Waals surface area contributed by atoms with Crippen molar-refractivity contribution in [1.82, 2.24) is 0 Å². The summed E-state index contributed by atoms with van der Waals surface area (Å²) in [5.74, 6) is -1.28. The van der Waals surface area contributed by atoms with Crippen molar-refractivity contribution in [3.63, 3.8) is 0 Å². The minimum atomic E-state index is -1.06. The first-order valence-electron chi connectivity index (χ1n) is 2.51. The minimum absolute atomic E-state index is 0.220. The largest absolute Gasteiger partial charge is 0.479 e. The average molecular weight is 130 g/mol. The van der Waals surface area contributed by atoms with Crippen LogP contribution in [0.1, 0.15) is 6.92 Å². The van der Waals surface area contributed by atoms with Gasteiger partial charge in [0.1, 0.15) is 0 Å². The third-order valence-electron chi connectivity index (χ3n) is 1.14. The average Bonchev–Trinajstić information content (AvgIpc) is 2.39. The summed E-state index contributed by atoms with van der Waals surface area (Å²) >= 11 is 0. The molecule has 2 atom stereocenters. The molecule has 1 saturated heterocycles. The number of epoxide rings is 1. The fourth-order valence-electron chi connectivity index (χ4n) is 0.609. The number of carbonyl (C=O) groups excluding carboxylic acids is 1. The van der Waals surface area contributed by atoms with Crippen LogP contribution >= 0.6 is 0 Å². The van der Waals surface area contributed by atoms with Crippen LogP contribution in [-0.4, -0.2) is 29.1 Å². The Labute approximate surface area is 51.4 Å². The van der Waals surface area contributed by atoms with E-state index in [0.29, 0.717) is 0 Å². The highest BCUT2D eigenvalue weighted by Crippen LogP contribution is 2.22. The topological polar surface area (TPSA) is 66.9 Å². The van der Waals surface area contributed by atoms with Crippen molar-refractivity contribution >= 4 is 11.8 Å². The Kier molecular flexibility index (Phi) is 1.25. The lowest BCUT2D eigenvalue weighted by atomic mass is 10.2. The molecule has 1 rings (SSSR count). The van der Waals surface area contributed by atoms with Crippen molar-refractivity contribution in [1.29, 1.82) is 0 Å². The third kappa shape index (κ3) is 1.08. The maximum absolute atomic E-state index is 10.3. The summed E-state index contributed by atoms with van der Waals surface area (Å²) in [7, 11) is 0. The molecule has 4 nitrogen and oxygen atoms in total. The van der Waals surface area contributed by atoms with Crippen molar-refractivity contribution in [2.24, 2.45) is 0 Å². The highest BCUT2D eigenvalue weighted by atomic mass is 16.6. The van der Waals surface area contributed by atoms with Crippen LogP contribution in [0.3, 0.4) is 0 Å². The SMILES string of the molecule is CC(=O)[C@@H]1O[C@H]1C(=O)O. The predicted octanol–water partition coefficient (Wildman–Crippen LogP) is -0.573. The Morgan fingerprint density at radius 2 is 2.00 bits per heavy atom. The molecule has 1 aliphatic rings. The number of carboxylic acid groups (broad SMARTS) is 1. The Balaban J connectivity index is 2.42. The van der Waals surface area contributed by atoms with Gasteiger partial charge in [-0.25, -0.2) is 4.79 Å². The highest BCUT2D eigenvalue weighted by molar-refractivity contribution is 5.91. The molecule has 50 valence electrons. The number of ketones is 1. The van der Waals surface area contributed by atoms with Crippen LogP contribution in [0.5, 0.6) is 0 Å². The molecule has 0 radical (unpaired) electrons. The molecule has 0 unspecified atom stereocenters. The van der Waals surface area contributed by atoms with Crippen LogP contribution in [0.2, 0.25) is 0 Å². The van der Waals surface area contributed by atoms with E-state index in [1.54, 1.807) is 0 Å². The summed E-state index contributed by atoms with van der Waals surface area (Å²) in [6.45, 7) is 1.31. The van der Waals surface area contributed by atoms with Gasteiger partial charge >= 0.3 is 5.97 Å². The molecule has 0 bridgehead atoms. The maximum Gasteiger partial charge on any atom is 0.336 e. The Morgan fingerprint density at radius 3 is 2.11 bits per heavy atom. The molecule has 0 aromatic rings. The molecule has 0 aromatic heterocycles. The molecule has 1 heterocycles. The fourth-order valence-corrected chi connectivity index (χ4v) is 0.609. The van der Waals surface area contributed by atoms with E-state index in [2.05, 4.69) is 4.74 Å². The summed E-state index contributed by atoms with van der Waals surface area (Å²) in [5.41, 5.74) is 0. The number of hydrogen-bond acceptors (Lipinski definition) is 3. The zero-order chi connectivity index (χ0) is 7.02. The molecule has 1 fully saturated rings. The van der Waals surface area contributed by atoms with Crippen LogP contribution in [0.25, 0.3) is 0 Å². The second-order valence-electron chi connectivity index (χ2n) is 1.93. The van der Waals surface area contributed by atoms with E-state index in [-0.39, 0.29) is 5.78 Å². The van der Waals surface area contributed by atoms with Gasteiger partial charge in [0.25, 0.3) is 0 Å². The lowest BCUT2D eigenvalue weighted by molar-refractivity contribution is -0.138. The first-order valence-corrected chi connectivity index (χ1v) is 2.51. The zero-order valence-corrected chi connectivity index (χ0v) is 4.83. The van der Waals surface area contributed by atoms with Crippen LogP contribution in [0.15, 0.2) is 0 Å². The monoisotopic (exact) mass is 130 g/mol.